The van der Waals surface area contributed by atoms with Crippen LogP contribution >= 0.6 is 0 Å². The van der Waals surface area contributed by atoms with Crippen LogP contribution in [0.2, 0.25) is 23.0 Å². The van der Waals surface area contributed by atoms with E-state index in [0.29, 0.717) is 0 Å². The third kappa shape index (κ3) is 1.50. The molecule has 0 spiro atoms. The van der Waals surface area contributed by atoms with Crippen molar-refractivity contribution in [2.75, 3.05) is 0 Å². The predicted molar refractivity (Wildman–Crippen MR) is 66.5 cm³/mol. The van der Waals surface area contributed by atoms with E-state index >= 15 is 0 Å². The van der Waals surface area contributed by atoms with Crippen LogP contribution in [0.5, 0.6) is 0 Å². The third-order valence-corrected chi connectivity index (χ3v) is 24.9. The summed E-state index contributed by atoms with van der Waals surface area (Å²) in [5, 5.41) is 0. The molecule has 0 unspecified atom stereocenters. The maximum atomic E-state index is 6.46. The number of rotatable bonds is 0. The van der Waals surface area contributed by atoms with E-state index in [9.17, 15) is 0 Å². The molecule has 0 saturated carbocycles. The molecule has 1 aromatic rings. The quantitative estimate of drug-likeness (QED) is 0.665. The fourth-order valence-corrected chi connectivity index (χ4v) is 35.0. The minimum absolute atomic E-state index is 1.46. The first-order valence-corrected chi connectivity index (χ1v) is 17.4. The summed E-state index contributed by atoms with van der Waals surface area (Å²) in [6.45, 7) is 2.23. The van der Waals surface area contributed by atoms with Crippen LogP contribution in [-0.4, -0.2) is 27.2 Å². The van der Waals surface area contributed by atoms with Crippen LogP contribution in [0.15, 0.2) is 18.2 Å². The molecule has 1 nitrogen and oxygen atoms in total. The van der Waals surface area contributed by atoms with Crippen LogP contribution in [0.25, 0.3) is 0 Å². The topological polar surface area (TPSA) is 9.23 Å². The molecule has 1 aliphatic rings. The Morgan fingerprint density at radius 2 is 1.64 bits per heavy atom. The van der Waals surface area contributed by atoms with Crippen LogP contribution in [-0.2, 0) is 2.79 Å². The van der Waals surface area contributed by atoms with Gasteiger partial charge in [-0.2, -0.15) is 0 Å². The van der Waals surface area contributed by atoms with Crippen molar-refractivity contribution >= 4 is 36.0 Å². The number of hydrogen-bond donors (Lipinski definition) is 0. The van der Waals surface area contributed by atoms with Crippen molar-refractivity contribution in [2.45, 2.75) is 29.9 Å². The molecule has 0 aliphatic carbocycles. The van der Waals surface area contributed by atoms with Gasteiger partial charge in [-0.3, -0.25) is 0 Å². The molecule has 0 radical (unpaired) electrons. The normalized spacial score (nSPS) is 22.1. The Morgan fingerprint density at radius 3 is 2.21 bits per heavy atom. The second-order valence-electron chi connectivity index (χ2n) is 5.12. The second kappa shape index (κ2) is 3.13. The third-order valence-electron chi connectivity index (χ3n) is 3.03. The van der Waals surface area contributed by atoms with Crippen LogP contribution in [0.1, 0.15) is 5.56 Å². The van der Waals surface area contributed by atoms with Crippen molar-refractivity contribution in [1.29, 1.82) is 0 Å². The molecule has 0 atom stereocenters. The van der Waals surface area contributed by atoms with E-state index < -0.39 is 27.2 Å². The molecule has 76 valence electrons. The fourth-order valence-electron chi connectivity index (χ4n) is 2.71. The zero-order valence-electron chi connectivity index (χ0n) is 9.64. The monoisotopic (exact) mass is 314 g/mol. The first kappa shape index (κ1) is 10.8. The summed E-state index contributed by atoms with van der Waals surface area (Å²) in [6, 6.07) is 6.73. The van der Waals surface area contributed by atoms with Gasteiger partial charge in [0.25, 0.3) is 0 Å². The van der Waals surface area contributed by atoms with Gasteiger partial charge in [0.2, 0.25) is 0 Å². The van der Waals surface area contributed by atoms with Gasteiger partial charge in [-0.1, -0.05) is 0 Å². The molecule has 0 N–H and O–H groups in total. The predicted octanol–water partition coefficient (Wildman–Crippen LogP) is 1.85. The average molecular weight is 311 g/mol. The van der Waals surface area contributed by atoms with Gasteiger partial charge in [-0.15, -0.1) is 0 Å². The maximum absolute atomic E-state index is 6.46. The van der Waals surface area contributed by atoms with Gasteiger partial charge in [0.1, 0.15) is 0 Å². The Bertz CT molecular complexity index is 383. The first-order chi connectivity index (χ1) is 6.34. The zero-order chi connectivity index (χ0) is 10.6. The van der Waals surface area contributed by atoms with Gasteiger partial charge in [0, 0.05) is 0 Å². The molecule has 0 aromatic heterocycles. The summed E-state index contributed by atoms with van der Waals surface area (Å²) in [5.74, 6) is 9.51. The number of aryl methyl sites for hydroxylation is 1. The van der Waals surface area contributed by atoms with Gasteiger partial charge < -0.3 is 0 Å². The fraction of sp³-hybridized carbons (Fsp3) is 0.455. The molecular weight excluding hydrogens is 293 g/mol. The summed E-state index contributed by atoms with van der Waals surface area (Å²) in [6.07, 6.45) is 0. The summed E-state index contributed by atoms with van der Waals surface area (Å²) in [7, 11) is 0. The standard InChI is InChI=1S/C11H18Ge2O/c1-9-7-6-8-10-11(9)13(4,5)14-12(10,2)3/h6-8H,1-5H3. The molecule has 1 aliphatic heterocycles. The van der Waals surface area contributed by atoms with E-state index in [-0.39, 0.29) is 0 Å². The van der Waals surface area contributed by atoms with Gasteiger partial charge in [0.15, 0.2) is 0 Å². The summed E-state index contributed by atoms with van der Waals surface area (Å²) in [4.78, 5) is 0. The van der Waals surface area contributed by atoms with Crippen LogP contribution < -0.4 is 8.79 Å². The van der Waals surface area contributed by atoms with Crippen molar-refractivity contribution in [1.82, 2.24) is 0 Å². The second-order valence-corrected chi connectivity index (χ2v) is 22.6. The molecule has 1 aromatic carbocycles. The summed E-state index contributed by atoms with van der Waals surface area (Å²) in [5.41, 5.74) is 1.46. The van der Waals surface area contributed by atoms with E-state index in [0.717, 1.165) is 0 Å². The van der Waals surface area contributed by atoms with Crippen LogP contribution in [0.3, 0.4) is 0 Å². The average Bonchev–Trinajstić information content (AvgIpc) is 2.18. The van der Waals surface area contributed by atoms with Crippen molar-refractivity contribution in [3.8, 4) is 0 Å². The minimum atomic E-state index is -2.08. The van der Waals surface area contributed by atoms with Gasteiger partial charge in [-0.05, 0) is 0 Å². The van der Waals surface area contributed by atoms with Crippen LogP contribution in [0.4, 0.5) is 0 Å². The molecule has 0 fully saturated rings. The Balaban J connectivity index is 2.72. The van der Waals surface area contributed by atoms with Gasteiger partial charge >= 0.3 is 92.5 Å². The molecule has 0 saturated heterocycles. The SMILES string of the molecule is Cc1ccc[c]2[c]1[Ge]([CH3])([CH3])[O][Ge]2([CH3])[CH3]. The molecule has 0 bridgehead atoms. The summed E-state index contributed by atoms with van der Waals surface area (Å²) >= 11 is -4.14. The number of fused-ring (bicyclic) bond motifs is 1. The van der Waals surface area contributed by atoms with Gasteiger partial charge in [0.05, 0.1) is 0 Å². The van der Waals surface area contributed by atoms with Crippen molar-refractivity contribution in [3.05, 3.63) is 23.8 Å². The van der Waals surface area contributed by atoms with Crippen molar-refractivity contribution < 1.29 is 2.79 Å². The Labute approximate surface area is 92.3 Å². The summed E-state index contributed by atoms with van der Waals surface area (Å²) < 4.78 is 9.71. The van der Waals surface area contributed by atoms with E-state index in [1.165, 1.54) is 5.56 Å². The molecule has 0 amide bonds. The molecule has 2 rings (SSSR count). The zero-order valence-corrected chi connectivity index (χ0v) is 13.8. The number of benzene rings is 1. The first-order valence-electron chi connectivity index (χ1n) is 5.15. The Morgan fingerprint density at radius 1 is 1.00 bits per heavy atom. The Hall–Kier alpha value is 0.266. The van der Waals surface area contributed by atoms with E-state index in [1.807, 2.05) is 0 Å². The van der Waals surface area contributed by atoms with E-state index in [4.69, 9.17) is 2.79 Å². The van der Waals surface area contributed by atoms with E-state index in [1.54, 1.807) is 8.79 Å². The van der Waals surface area contributed by atoms with E-state index in [2.05, 4.69) is 48.1 Å². The molecule has 14 heavy (non-hydrogen) atoms. The van der Waals surface area contributed by atoms with Crippen molar-refractivity contribution in [3.63, 3.8) is 0 Å². The van der Waals surface area contributed by atoms with Gasteiger partial charge in [-0.25, -0.2) is 0 Å². The van der Waals surface area contributed by atoms with Crippen LogP contribution in [0, 0.1) is 6.92 Å². The molecule has 1 heterocycles. The van der Waals surface area contributed by atoms with Crippen molar-refractivity contribution in [2.24, 2.45) is 0 Å². The molecular formula is C11H18Ge2O. The number of hydrogen-bond acceptors (Lipinski definition) is 1. The Kier molecular flexibility index (Phi) is 2.41. The molecule has 3 heteroatoms.